The molecule has 3 aromatic rings. The van der Waals surface area contributed by atoms with Crippen LogP contribution in [0.15, 0.2) is 42.7 Å². The normalized spacial score (nSPS) is 10.6. The van der Waals surface area contributed by atoms with Crippen LogP contribution in [0.2, 0.25) is 0 Å². The highest BCUT2D eigenvalue weighted by molar-refractivity contribution is 5.79. The highest BCUT2D eigenvalue weighted by Crippen LogP contribution is 2.25. The number of hydrogen-bond donors (Lipinski definition) is 0. The number of benzene rings is 1. The van der Waals surface area contributed by atoms with Gasteiger partial charge in [0.25, 0.3) is 0 Å². The predicted octanol–water partition coefficient (Wildman–Crippen LogP) is 2.99. The van der Waals surface area contributed by atoms with Crippen molar-refractivity contribution in [3.63, 3.8) is 0 Å². The number of nitrogens with zero attached hydrogens (tertiary/aromatic N) is 5. The fourth-order valence-corrected chi connectivity index (χ4v) is 2.50. The topological polar surface area (TPSA) is 57.7 Å². The van der Waals surface area contributed by atoms with E-state index >= 15 is 0 Å². The lowest BCUT2D eigenvalue weighted by Gasteiger charge is -2.17. The Morgan fingerprint density at radius 2 is 2.00 bits per heavy atom. The Bertz CT molecular complexity index is 826. The average molecular weight is 291 g/mol. The van der Waals surface area contributed by atoms with Gasteiger partial charge in [-0.25, -0.2) is 4.98 Å². The lowest BCUT2D eigenvalue weighted by molar-refractivity contribution is 0.905. The minimum atomic E-state index is 0.524. The van der Waals surface area contributed by atoms with Crippen LogP contribution in [0.25, 0.3) is 22.4 Å². The molecule has 0 spiro atoms. The Kier molecular flexibility index (Phi) is 3.75. The molecule has 1 aromatic carbocycles. The van der Waals surface area contributed by atoms with Gasteiger partial charge < -0.3 is 9.47 Å². The molecule has 0 aliphatic heterocycles. The van der Waals surface area contributed by atoms with Crippen LogP contribution in [0.1, 0.15) is 6.42 Å². The molecule has 0 bridgehead atoms. The largest absolute Gasteiger partial charge is 0.374 e. The molecule has 0 N–H and O–H groups in total. The van der Waals surface area contributed by atoms with Gasteiger partial charge >= 0.3 is 0 Å². The molecule has 0 atom stereocenters. The van der Waals surface area contributed by atoms with Crippen LogP contribution in [0.5, 0.6) is 0 Å². The van der Waals surface area contributed by atoms with E-state index in [2.05, 4.69) is 49.8 Å². The molecule has 3 rings (SSSR count). The van der Waals surface area contributed by atoms with Crippen molar-refractivity contribution in [2.45, 2.75) is 6.42 Å². The SMILES string of the molecule is CN(CCC#N)c1ccc(-c2nc3ccncc3n2C)cc1. The molecule has 22 heavy (non-hydrogen) atoms. The monoisotopic (exact) mass is 291 g/mol. The first-order valence-electron chi connectivity index (χ1n) is 7.15. The summed E-state index contributed by atoms with van der Waals surface area (Å²) < 4.78 is 2.05. The van der Waals surface area contributed by atoms with Crippen molar-refractivity contribution in [1.29, 1.82) is 5.26 Å². The first-order chi connectivity index (χ1) is 10.7. The van der Waals surface area contributed by atoms with Crippen LogP contribution in [-0.2, 0) is 7.05 Å². The second-order valence-corrected chi connectivity index (χ2v) is 5.24. The highest BCUT2D eigenvalue weighted by atomic mass is 15.1. The van der Waals surface area contributed by atoms with Gasteiger partial charge in [0.15, 0.2) is 0 Å². The first kappa shape index (κ1) is 14.1. The molecule has 0 aliphatic rings. The molecule has 0 amide bonds. The fraction of sp³-hybridized carbons (Fsp3) is 0.235. The number of anilines is 1. The molecule has 2 heterocycles. The zero-order chi connectivity index (χ0) is 15.5. The highest BCUT2D eigenvalue weighted by Gasteiger charge is 2.10. The number of fused-ring (bicyclic) bond motifs is 1. The van der Waals surface area contributed by atoms with Crippen LogP contribution in [0, 0.1) is 11.3 Å². The summed E-state index contributed by atoms with van der Waals surface area (Å²) in [5.41, 5.74) is 4.13. The van der Waals surface area contributed by atoms with Crippen LogP contribution in [0.4, 0.5) is 5.69 Å². The molecule has 0 saturated heterocycles. The lowest BCUT2D eigenvalue weighted by atomic mass is 10.2. The molecule has 2 aromatic heterocycles. The van der Waals surface area contributed by atoms with Gasteiger partial charge in [0.2, 0.25) is 0 Å². The third-order valence-electron chi connectivity index (χ3n) is 3.81. The smallest absolute Gasteiger partial charge is 0.140 e. The van der Waals surface area contributed by atoms with Gasteiger partial charge in [0.05, 0.1) is 29.7 Å². The molecule has 0 radical (unpaired) electrons. The second-order valence-electron chi connectivity index (χ2n) is 5.24. The van der Waals surface area contributed by atoms with Gasteiger partial charge in [-0.2, -0.15) is 5.26 Å². The van der Waals surface area contributed by atoms with Crippen molar-refractivity contribution in [2.75, 3.05) is 18.5 Å². The maximum absolute atomic E-state index is 8.66. The minimum Gasteiger partial charge on any atom is -0.374 e. The standard InChI is InChI=1S/C17H17N5/c1-21(11-3-9-18)14-6-4-13(5-7-14)17-20-15-8-10-19-12-16(15)22(17)2/h4-8,10,12H,3,11H2,1-2H3. The van der Waals surface area contributed by atoms with Gasteiger partial charge in [-0.3, -0.25) is 4.98 Å². The summed E-state index contributed by atoms with van der Waals surface area (Å²) in [4.78, 5) is 10.9. The molecule has 5 nitrogen and oxygen atoms in total. The van der Waals surface area contributed by atoms with Crippen molar-refractivity contribution in [2.24, 2.45) is 7.05 Å². The number of imidazole rings is 1. The molecular formula is C17H17N5. The van der Waals surface area contributed by atoms with Crippen molar-refractivity contribution < 1.29 is 0 Å². The van der Waals surface area contributed by atoms with Gasteiger partial charge in [-0.05, 0) is 30.3 Å². The maximum Gasteiger partial charge on any atom is 0.140 e. The zero-order valence-corrected chi connectivity index (χ0v) is 12.7. The number of hydrogen-bond acceptors (Lipinski definition) is 4. The summed E-state index contributed by atoms with van der Waals surface area (Å²) in [6.45, 7) is 0.730. The van der Waals surface area contributed by atoms with Crippen LogP contribution in [0.3, 0.4) is 0 Å². The van der Waals surface area contributed by atoms with Crippen molar-refractivity contribution in [3.05, 3.63) is 42.7 Å². The summed E-state index contributed by atoms with van der Waals surface area (Å²) >= 11 is 0. The zero-order valence-electron chi connectivity index (χ0n) is 12.7. The van der Waals surface area contributed by atoms with Crippen LogP contribution in [-0.4, -0.2) is 28.1 Å². The Labute approximate surface area is 129 Å². The first-order valence-corrected chi connectivity index (χ1v) is 7.15. The third kappa shape index (κ3) is 2.51. The minimum absolute atomic E-state index is 0.524. The molecule has 0 fully saturated rings. The van der Waals surface area contributed by atoms with E-state index in [1.54, 1.807) is 6.20 Å². The molecule has 0 saturated carbocycles. The third-order valence-corrected chi connectivity index (χ3v) is 3.81. The summed E-state index contributed by atoms with van der Waals surface area (Å²) in [7, 11) is 3.99. The van der Waals surface area contributed by atoms with Gasteiger partial charge in [0, 0.05) is 38.1 Å². The Hall–Kier alpha value is -2.87. The summed E-state index contributed by atoms with van der Waals surface area (Å²) in [6, 6.07) is 12.3. The average Bonchev–Trinajstić information content (AvgIpc) is 2.90. The van der Waals surface area contributed by atoms with E-state index < -0.39 is 0 Å². The van der Waals surface area contributed by atoms with Crippen molar-refractivity contribution in [1.82, 2.24) is 14.5 Å². The van der Waals surface area contributed by atoms with E-state index in [1.807, 2.05) is 26.4 Å². The van der Waals surface area contributed by atoms with Crippen molar-refractivity contribution in [3.8, 4) is 17.5 Å². The van der Waals surface area contributed by atoms with E-state index in [1.165, 1.54) is 0 Å². The molecule has 110 valence electrons. The van der Waals surface area contributed by atoms with E-state index in [0.29, 0.717) is 6.42 Å². The second kappa shape index (κ2) is 5.86. The quantitative estimate of drug-likeness (QED) is 0.741. The van der Waals surface area contributed by atoms with Gasteiger partial charge in [-0.1, -0.05) is 0 Å². The number of aryl methyl sites for hydroxylation is 1. The number of pyridine rings is 1. The van der Waals surface area contributed by atoms with E-state index in [-0.39, 0.29) is 0 Å². The van der Waals surface area contributed by atoms with Crippen LogP contribution < -0.4 is 4.90 Å². The molecule has 5 heteroatoms. The molecule has 0 aliphatic carbocycles. The Morgan fingerprint density at radius 1 is 1.23 bits per heavy atom. The fourth-order valence-electron chi connectivity index (χ4n) is 2.50. The lowest BCUT2D eigenvalue weighted by Crippen LogP contribution is -2.17. The Morgan fingerprint density at radius 3 is 2.68 bits per heavy atom. The maximum atomic E-state index is 8.66. The van der Waals surface area contributed by atoms with Gasteiger partial charge in [-0.15, -0.1) is 0 Å². The van der Waals surface area contributed by atoms with E-state index in [0.717, 1.165) is 34.7 Å². The van der Waals surface area contributed by atoms with E-state index in [4.69, 9.17) is 5.26 Å². The summed E-state index contributed by atoms with van der Waals surface area (Å²) in [6.07, 6.45) is 4.11. The molecule has 0 unspecified atom stereocenters. The predicted molar refractivity (Wildman–Crippen MR) is 87.4 cm³/mol. The molecular weight excluding hydrogens is 274 g/mol. The Balaban J connectivity index is 1.92. The van der Waals surface area contributed by atoms with Crippen molar-refractivity contribution >= 4 is 16.7 Å². The van der Waals surface area contributed by atoms with Gasteiger partial charge in [0.1, 0.15) is 5.82 Å². The number of rotatable bonds is 4. The van der Waals surface area contributed by atoms with E-state index in [9.17, 15) is 0 Å². The number of nitriles is 1. The number of aromatic nitrogens is 3. The summed E-state index contributed by atoms with van der Waals surface area (Å²) in [5.74, 6) is 0.925. The summed E-state index contributed by atoms with van der Waals surface area (Å²) in [5, 5.41) is 8.66. The van der Waals surface area contributed by atoms with Crippen LogP contribution >= 0.6 is 0 Å².